The number of quaternary nitrogens is 1. The monoisotopic (exact) mass is 682 g/mol. The average molecular weight is 684 g/mol. The van der Waals surface area contributed by atoms with Gasteiger partial charge in [0.1, 0.15) is 6.54 Å². The molecule has 238 valence electrons. The van der Waals surface area contributed by atoms with Gasteiger partial charge in [-0.2, -0.15) is 4.31 Å². The maximum Gasteiger partial charge on any atom is 0.243 e. The lowest BCUT2D eigenvalue weighted by Gasteiger charge is -2.37. The maximum absolute atomic E-state index is 14.1. The van der Waals surface area contributed by atoms with E-state index >= 15 is 0 Å². The van der Waals surface area contributed by atoms with Crippen molar-refractivity contribution < 1.29 is 39.4 Å². The maximum atomic E-state index is 14.1. The SMILES string of the molecule is CC[N+](CC)(CCCCN(Cc1ccc2ccccc2c1)S(=O)(=O)c1ccc(OC)c(OC)c1)Cc1cc(C)cc(C)c1.[Br-]. The fraction of sp³-hybridized carbons (Fsp3) is 0.389. The first kappa shape index (κ1) is 35.6. The Labute approximate surface area is 275 Å². The Hall–Kier alpha value is -2.91. The third kappa shape index (κ3) is 8.62. The van der Waals surface area contributed by atoms with Crippen LogP contribution < -0.4 is 26.5 Å². The number of rotatable bonds is 15. The van der Waals surface area contributed by atoms with Gasteiger partial charge in [-0.15, -0.1) is 0 Å². The van der Waals surface area contributed by atoms with E-state index in [1.165, 1.54) is 23.8 Å². The molecule has 0 heterocycles. The second-order valence-corrected chi connectivity index (χ2v) is 13.5. The number of fused-ring (bicyclic) bond motifs is 1. The fourth-order valence-corrected chi connectivity index (χ4v) is 7.56. The molecule has 6 nitrogen and oxygen atoms in total. The number of aryl methyl sites for hydroxylation is 2. The zero-order valence-corrected chi connectivity index (χ0v) is 29.4. The lowest BCUT2D eigenvalue weighted by atomic mass is 10.1. The van der Waals surface area contributed by atoms with Crippen molar-refractivity contribution in [2.75, 3.05) is 40.4 Å². The molecule has 0 bridgehead atoms. The van der Waals surface area contributed by atoms with Crippen molar-refractivity contribution in [3.8, 4) is 11.5 Å². The van der Waals surface area contributed by atoms with Crippen LogP contribution in [0.1, 0.15) is 48.9 Å². The number of nitrogens with zero attached hydrogens (tertiary/aromatic N) is 2. The largest absolute Gasteiger partial charge is 1.00 e. The van der Waals surface area contributed by atoms with Crippen LogP contribution in [0, 0.1) is 13.8 Å². The van der Waals surface area contributed by atoms with E-state index in [-0.39, 0.29) is 21.9 Å². The van der Waals surface area contributed by atoms with E-state index in [2.05, 4.69) is 70.2 Å². The van der Waals surface area contributed by atoms with Crippen molar-refractivity contribution in [1.29, 1.82) is 0 Å². The molecule has 4 aromatic rings. The first-order chi connectivity index (χ1) is 20.6. The summed E-state index contributed by atoms with van der Waals surface area (Å²) in [4.78, 5) is 0.202. The number of hydrogen-bond donors (Lipinski definition) is 0. The molecule has 4 aromatic carbocycles. The summed E-state index contributed by atoms with van der Waals surface area (Å²) >= 11 is 0. The molecule has 0 aliphatic heterocycles. The van der Waals surface area contributed by atoms with Gasteiger partial charge in [0.25, 0.3) is 0 Å². The van der Waals surface area contributed by atoms with E-state index in [0.29, 0.717) is 24.6 Å². The van der Waals surface area contributed by atoms with Gasteiger partial charge >= 0.3 is 0 Å². The van der Waals surface area contributed by atoms with Crippen LogP contribution in [0.5, 0.6) is 11.5 Å². The molecule has 8 heteroatoms. The molecule has 0 aliphatic carbocycles. The quantitative estimate of drug-likeness (QED) is 0.137. The standard InChI is InChI=1S/C36H47N2O4S.BrH/c1-7-38(8-2,27-31-22-28(3)21-29(4)23-31)20-12-11-19-37(26-30-15-16-32-13-9-10-14-33(32)24-30)43(39,40)34-17-18-35(41-5)36(25-34)42-6;/h9-10,13-18,21-25H,7-8,11-12,19-20,26-27H2,1-6H3;1H/q+1;/p-1. The highest BCUT2D eigenvalue weighted by atomic mass is 79.9. The Morgan fingerprint density at radius 3 is 2.02 bits per heavy atom. The minimum Gasteiger partial charge on any atom is -1.00 e. The minimum absolute atomic E-state index is 0. The van der Waals surface area contributed by atoms with Crippen LogP contribution >= 0.6 is 0 Å². The van der Waals surface area contributed by atoms with E-state index in [1.807, 2.05) is 18.2 Å². The summed E-state index contributed by atoms with van der Waals surface area (Å²) in [7, 11) is -0.739. The topological polar surface area (TPSA) is 55.8 Å². The third-order valence-corrected chi connectivity index (χ3v) is 10.4. The van der Waals surface area contributed by atoms with Gasteiger partial charge < -0.3 is 30.9 Å². The number of benzene rings is 4. The summed E-state index contributed by atoms with van der Waals surface area (Å²) in [5.41, 5.74) is 4.93. The molecule has 0 N–H and O–H groups in total. The van der Waals surface area contributed by atoms with Crippen molar-refractivity contribution in [3.63, 3.8) is 0 Å². The summed E-state index contributed by atoms with van der Waals surface area (Å²) in [6.45, 7) is 13.6. The van der Waals surface area contributed by atoms with Gasteiger partial charge in [-0.3, -0.25) is 0 Å². The Morgan fingerprint density at radius 1 is 0.727 bits per heavy atom. The summed E-state index contributed by atoms with van der Waals surface area (Å²) < 4.78 is 41.6. The van der Waals surface area contributed by atoms with Gasteiger partial charge in [-0.1, -0.05) is 65.7 Å². The second-order valence-electron chi connectivity index (χ2n) is 11.6. The number of hydrogen-bond acceptors (Lipinski definition) is 4. The van der Waals surface area contributed by atoms with Crippen LogP contribution in [0.3, 0.4) is 0 Å². The Kier molecular flexibility index (Phi) is 12.8. The molecule has 0 aliphatic rings. The number of ether oxygens (including phenoxy) is 2. The van der Waals surface area contributed by atoms with Crippen LogP contribution in [0.2, 0.25) is 0 Å². The predicted molar refractivity (Wildman–Crippen MR) is 176 cm³/mol. The molecular weight excluding hydrogens is 636 g/mol. The Bertz CT molecular complexity index is 1620. The summed E-state index contributed by atoms with van der Waals surface area (Å²) in [5, 5.41) is 2.24. The molecule has 0 saturated heterocycles. The van der Waals surface area contributed by atoms with E-state index in [9.17, 15) is 8.42 Å². The third-order valence-electron chi connectivity index (χ3n) is 8.60. The van der Waals surface area contributed by atoms with Gasteiger partial charge in [-0.05, 0) is 75.1 Å². The van der Waals surface area contributed by atoms with Crippen LogP contribution in [0.25, 0.3) is 10.8 Å². The zero-order chi connectivity index (χ0) is 31.0. The summed E-state index contributed by atoms with van der Waals surface area (Å²) in [5.74, 6) is 0.896. The van der Waals surface area contributed by atoms with Crippen LogP contribution in [-0.2, 0) is 23.1 Å². The molecular formula is C36H47BrN2O4S. The molecule has 0 amide bonds. The van der Waals surface area contributed by atoms with Gasteiger partial charge in [0, 0.05) is 24.7 Å². The first-order valence-electron chi connectivity index (χ1n) is 15.2. The van der Waals surface area contributed by atoms with Gasteiger partial charge in [0.05, 0.1) is 38.7 Å². The van der Waals surface area contributed by atoms with E-state index in [4.69, 9.17) is 9.47 Å². The van der Waals surface area contributed by atoms with Gasteiger partial charge in [0.15, 0.2) is 11.5 Å². The normalized spacial score (nSPS) is 11.9. The molecule has 0 radical (unpaired) electrons. The zero-order valence-electron chi connectivity index (χ0n) is 27.0. The molecule has 0 fully saturated rings. The molecule has 0 saturated carbocycles. The van der Waals surface area contributed by atoms with Crippen LogP contribution in [0.4, 0.5) is 0 Å². The lowest BCUT2D eigenvalue weighted by Crippen LogP contribution is -3.00. The van der Waals surface area contributed by atoms with Crippen molar-refractivity contribution >= 4 is 20.8 Å². The first-order valence-corrected chi connectivity index (χ1v) is 16.7. The molecule has 44 heavy (non-hydrogen) atoms. The Morgan fingerprint density at radius 2 is 1.39 bits per heavy atom. The van der Waals surface area contributed by atoms with E-state index < -0.39 is 10.0 Å². The van der Waals surface area contributed by atoms with Crippen molar-refractivity contribution in [1.82, 2.24) is 4.31 Å². The van der Waals surface area contributed by atoms with Crippen molar-refractivity contribution in [2.24, 2.45) is 0 Å². The summed E-state index contributed by atoms with van der Waals surface area (Å²) in [6.07, 6.45) is 1.70. The number of methoxy groups -OCH3 is 2. The van der Waals surface area contributed by atoms with Crippen molar-refractivity contribution in [3.05, 3.63) is 101 Å². The number of unbranched alkanes of at least 4 members (excludes halogenated alkanes) is 1. The molecule has 0 unspecified atom stereocenters. The highest BCUT2D eigenvalue weighted by Crippen LogP contribution is 2.31. The minimum atomic E-state index is -3.80. The fourth-order valence-electron chi connectivity index (χ4n) is 6.08. The number of sulfonamides is 1. The van der Waals surface area contributed by atoms with Crippen LogP contribution in [-0.4, -0.2) is 57.6 Å². The predicted octanol–water partition coefficient (Wildman–Crippen LogP) is 4.51. The van der Waals surface area contributed by atoms with Crippen molar-refractivity contribution in [2.45, 2.75) is 58.5 Å². The summed E-state index contributed by atoms with van der Waals surface area (Å²) in [6, 6.07) is 26.0. The van der Waals surface area contributed by atoms with Gasteiger partial charge in [-0.25, -0.2) is 8.42 Å². The molecule has 4 rings (SSSR count). The highest BCUT2D eigenvalue weighted by molar-refractivity contribution is 7.89. The molecule has 0 spiro atoms. The van der Waals surface area contributed by atoms with Crippen LogP contribution in [0.15, 0.2) is 83.8 Å². The number of halogens is 1. The second kappa shape index (κ2) is 15.9. The average Bonchev–Trinajstić information content (AvgIpc) is 3.00. The molecule has 0 atom stereocenters. The van der Waals surface area contributed by atoms with Gasteiger partial charge in [0.2, 0.25) is 10.0 Å². The van der Waals surface area contributed by atoms with E-state index in [0.717, 1.165) is 59.8 Å². The molecule has 0 aromatic heterocycles. The highest BCUT2D eigenvalue weighted by Gasteiger charge is 2.28. The van der Waals surface area contributed by atoms with E-state index in [1.54, 1.807) is 29.6 Å². The lowest BCUT2D eigenvalue weighted by molar-refractivity contribution is -0.938. The Balaban J connectivity index is 0.00000529. The smallest absolute Gasteiger partial charge is 0.243 e.